The Labute approximate surface area is 181 Å². The molecule has 0 spiro atoms. The summed E-state index contributed by atoms with van der Waals surface area (Å²) in [5, 5.41) is 2.50. The van der Waals surface area contributed by atoms with Crippen molar-refractivity contribution in [3.8, 4) is 0 Å². The zero-order valence-electron chi connectivity index (χ0n) is 16.1. The van der Waals surface area contributed by atoms with Gasteiger partial charge in [-0.2, -0.15) is 26.3 Å². The van der Waals surface area contributed by atoms with Gasteiger partial charge in [-0.1, -0.05) is 12.1 Å². The first-order valence-electron chi connectivity index (χ1n) is 9.29. The second-order valence-corrected chi connectivity index (χ2v) is 8.29. The van der Waals surface area contributed by atoms with E-state index in [0.29, 0.717) is 34.8 Å². The Morgan fingerprint density at radius 1 is 0.938 bits per heavy atom. The Morgan fingerprint density at radius 2 is 1.59 bits per heavy atom. The molecule has 4 nitrogen and oxygen atoms in total. The molecule has 1 N–H and O–H groups in total. The number of thioether (sulfide) groups is 1. The highest BCUT2D eigenvalue weighted by atomic mass is 32.2. The standard InChI is InChI=1S/C21H14F6N2O2S/c22-20(23,24)13-6-11(7-14(9-13)21(25,26)27)10-29-5-4-15-12(2-1-3-17(15)29)8-16-18(30)32-19(31)28-16/h1-7,9,16H,8,10H2,(H,28,31). The number of rotatable bonds is 4. The van der Waals surface area contributed by atoms with Gasteiger partial charge in [-0.05, 0) is 41.5 Å². The number of amides is 1. The molecule has 1 atom stereocenters. The van der Waals surface area contributed by atoms with Gasteiger partial charge >= 0.3 is 12.4 Å². The number of carbonyl (C=O) groups excluding carboxylic acids is 2. The number of nitrogens with one attached hydrogen (secondary N) is 1. The highest BCUT2D eigenvalue weighted by Gasteiger charge is 2.37. The third kappa shape index (κ3) is 4.47. The van der Waals surface area contributed by atoms with Crippen molar-refractivity contribution in [2.75, 3.05) is 0 Å². The van der Waals surface area contributed by atoms with E-state index in [-0.39, 0.29) is 29.7 Å². The molecule has 1 aliphatic heterocycles. The molecule has 0 saturated carbocycles. The van der Waals surface area contributed by atoms with Crippen molar-refractivity contribution in [1.82, 2.24) is 9.88 Å². The summed E-state index contributed by atoms with van der Waals surface area (Å²) >= 11 is 0.589. The number of aromatic nitrogens is 1. The molecule has 1 amide bonds. The van der Waals surface area contributed by atoms with Crippen molar-refractivity contribution < 1.29 is 35.9 Å². The molecular formula is C21H14F6N2O2S. The molecule has 11 heteroatoms. The van der Waals surface area contributed by atoms with Gasteiger partial charge in [-0.3, -0.25) is 9.59 Å². The van der Waals surface area contributed by atoms with E-state index in [1.807, 2.05) is 0 Å². The van der Waals surface area contributed by atoms with E-state index in [1.54, 1.807) is 30.5 Å². The van der Waals surface area contributed by atoms with E-state index in [2.05, 4.69) is 5.32 Å². The molecule has 1 aromatic heterocycles. The van der Waals surface area contributed by atoms with Crippen LogP contribution in [0, 0.1) is 0 Å². The van der Waals surface area contributed by atoms with Crippen LogP contribution in [0.1, 0.15) is 22.3 Å². The number of alkyl halides is 6. The maximum absolute atomic E-state index is 13.1. The largest absolute Gasteiger partial charge is 0.416 e. The fraction of sp³-hybridized carbons (Fsp3) is 0.238. The van der Waals surface area contributed by atoms with Crippen LogP contribution < -0.4 is 5.32 Å². The number of halogens is 6. The lowest BCUT2D eigenvalue weighted by molar-refractivity contribution is -0.143. The maximum Gasteiger partial charge on any atom is 0.416 e. The Hall–Kier alpha value is -2.95. The molecule has 1 unspecified atom stereocenters. The first-order chi connectivity index (χ1) is 14.9. The Morgan fingerprint density at radius 3 is 2.16 bits per heavy atom. The minimum atomic E-state index is -4.92. The smallest absolute Gasteiger partial charge is 0.343 e. The van der Waals surface area contributed by atoms with Gasteiger partial charge in [0.05, 0.1) is 11.1 Å². The zero-order chi connectivity index (χ0) is 23.3. The van der Waals surface area contributed by atoms with Gasteiger partial charge in [0.25, 0.3) is 5.24 Å². The topological polar surface area (TPSA) is 51.1 Å². The minimum absolute atomic E-state index is 0.0975. The van der Waals surface area contributed by atoms with Crippen LogP contribution in [-0.4, -0.2) is 21.0 Å². The Kier molecular flexibility index (Phi) is 5.48. The summed E-state index contributed by atoms with van der Waals surface area (Å²) in [6.45, 7) is -0.213. The van der Waals surface area contributed by atoms with Crippen LogP contribution in [0.15, 0.2) is 48.7 Å². The van der Waals surface area contributed by atoms with Gasteiger partial charge in [0.15, 0.2) is 0 Å². The summed E-state index contributed by atoms with van der Waals surface area (Å²) in [5.74, 6) is 0. The summed E-state index contributed by atoms with van der Waals surface area (Å²) in [6.07, 6.45) is -8.05. The molecule has 1 saturated heterocycles. The van der Waals surface area contributed by atoms with Crippen LogP contribution in [0.2, 0.25) is 0 Å². The average Bonchev–Trinajstić information content (AvgIpc) is 3.23. The number of benzene rings is 2. The van der Waals surface area contributed by atoms with Gasteiger partial charge in [-0.15, -0.1) is 0 Å². The lowest BCUT2D eigenvalue weighted by Gasteiger charge is -2.15. The van der Waals surface area contributed by atoms with Crippen LogP contribution in [-0.2, 0) is 30.1 Å². The van der Waals surface area contributed by atoms with Crippen LogP contribution in [0.3, 0.4) is 0 Å². The zero-order valence-corrected chi connectivity index (χ0v) is 16.9. The lowest BCUT2D eigenvalue weighted by atomic mass is 10.0. The predicted octanol–water partition coefficient (Wildman–Crippen LogP) is 5.62. The molecule has 3 aromatic rings. The van der Waals surface area contributed by atoms with Gasteiger partial charge in [0.1, 0.15) is 6.04 Å². The lowest BCUT2D eigenvalue weighted by Crippen LogP contribution is -2.30. The van der Waals surface area contributed by atoms with Gasteiger partial charge in [0, 0.05) is 41.8 Å². The number of hydrogen-bond donors (Lipinski definition) is 1. The first-order valence-corrected chi connectivity index (χ1v) is 10.1. The molecule has 1 fully saturated rings. The number of carbonyl (C=O) groups is 2. The Balaban J connectivity index is 1.68. The van der Waals surface area contributed by atoms with Crippen LogP contribution >= 0.6 is 11.8 Å². The molecular weight excluding hydrogens is 458 g/mol. The minimum Gasteiger partial charge on any atom is -0.343 e. The molecule has 1 aliphatic rings. The Bertz CT molecular complexity index is 1180. The fourth-order valence-electron chi connectivity index (χ4n) is 3.66. The molecule has 2 heterocycles. The summed E-state index contributed by atoms with van der Waals surface area (Å²) < 4.78 is 80.4. The van der Waals surface area contributed by atoms with Crippen LogP contribution in [0.4, 0.5) is 31.1 Å². The van der Waals surface area contributed by atoms with Crippen LogP contribution in [0.25, 0.3) is 10.9 Å². The van der Waals surface area contributed by atoms with E-state index in [1.165, 1.54) is 4.57 Å². The normalized spacial score (nSPS) is 17.2. The van der Waals surface area contributed by atoms with Crippen molar-refractivity contribution in [3.05, 3.63) is 70.9 Å². The summed E-state index contributed by atoms with van der Waals surface area (Å²) in [4.78, 5) is 23.3. The molecule has 0 radical (unpaired) electrons. The highest BCUT2D eigenvalue weighted by molar-refractivity contribution is 8.26. The van der Waals surface area contributed by atoms with Gasteiger partial charge in [-0.25, -0.2) is 0 Å². The average molecular weight is 472 g/mol. The molecule has 0 aliphatic carbocycles. The molecule has 4 rings (SSSR count). The summed E-state index contributed by atoms with van der Waals surface area (Å²) in [7, 11) is 0. The van der Waals surface area contributed by atoms with E-state index in [0.717, 1.165) is 5.56 Å². The van der Waals surface area contributed by atoms with Crippen molar-refractivity contribution in [2.45, 2.75) is 31.4 Å². The summed E-state index contributed by atoms with van der Waals surface area (Å²) in [5.41, 5.74) is -1.58. The van der Waals surface area contributed by atoms with E-state index in [4.69, 9.17) is 0 Å². The molecule has 32 heavy (non-hydrogen) atoms. The van der Waals surface area contributed by atoms with E-state index < -0.39 is 34.8 Å². The number of nitrogens with zero attached hydrogens (tertiary/aromatic N) is 1. The highest BCUT2D eigenvalue weighted by Crippen LogP contribution is 2.36. The van der Waals surface area contributed by atoms with Crippen LogP contribution in [0.5, 0.6) is 0 Å². The second kappa shape index (κ2) is 7.88. The van der Waals surface area contributed by atoms with Crippen molar-refractivity contribution in [2.24, 2.45) is 0 Å². The summed E-state index contributed by atoms with van der Waals surface area (Å²) in [6, 6.07) is 7.60. The monoisotopic (exact) mass is 472 g/mol. The van der Waals surface area contributed by atoms with E-state index in [9.17, 15) is 35.9 Å². The molecule has 168 valence electrons. The molecule has 2 aromatic carbocycles. The molecule has 0 bridgehead atoms. The fourth-order valence-corrected chi connectivity index (χ4v) is 4.33. The first kappa shape index (κ1) is 22.3. The van der Waals surface area contributed by atoms with E-state index >= 15 is 0 Å². The quantitative estimate of drug-likeness (QED) is 0.502. The van der Waals surface area contributed by atoms with Crippen molar-refractivity contribution in [3.63, 3.8) is 0 Å². The third-order valence-electron chi connectivity index (χ3n) is 5.10. The predicted molar refractivity (Wildman–Crippen MR) is 106 cm³/mol. The van der Waals surface area contributed by atoms with Crippen molar-refractivity contribution >= 4 is 33.0 Å². The maximum atomic E-state index is 13.1. The van der Waals surface area contributed by atoms with Gasteiger partial charge in [0.2, 0.25) is 5.12 Å². The SMILES string of the molecule is O=C1NC(Cc2cccc3c2ccn3Cc2cc(C(F)(F)F)cc(C(F)(F)F)c2)C(=O)S1. The third-order valence-corrected chi connectivity index (χ3v) is 5.89. The number of fused-ring (bicyclic) bond motifs is 1. The number of hydrogen-bond acceptors (Lipinski definition) is 3. The van der Waals surface area contributed by atoms with Gasteiger partial charge < -0.3 is 9.88 Å². The van der Waals surface area contributed by atoms with Crippen molar-refractivity contribution in [1.29, 1.82) is 0 Å². The second-order valence-electron chi connectivity index (χ2n) is 7.32.